The summed E-state index contributed by atoms with van der Waals surface area (Å²) in [6, 6.07) is 6.99. The molecule has 1 aromatic carbocycles. The SMILES string of the molecule is CCOC(=O)c1ccc(CNC(=O)c2n[nH]c3c2CNCC3)cc1.Cl. The van der Waals surface area contributed by atoms with Crippen LogP contribution in [0.5, 0.6) is 0 Å². The standard InChI is InChI=1S/C17H20N4O3.ClH/c1-2-24-17(23)12-5-3-11(4-6-12)9-19-16(22)15-13-10-18-8-7-14(13)20-21-15;/h3-6,18H,2,7-10H2,1H3,(H,19,22)(H,20,21);1H. The minimum Gasteiger partial charge on any atom is -0.462 e. The van der Waals surface area contributed by atoms with Gasteiger partial charge in [-0.05, 0) is 24.6 Å². The fraction of sp³-hybridized carbons (Fsp3) is 0.353. The highest BCUT2D eigenvalue weighted by Crippen LogP contribution is 2.15. The third-order valence-corrected chi connectivity index (χ3v) is 3.94. The van der Waals surface area contributed by atoms with Crippen LogP contribution in [-0.2, 0) is 24.2 Å². The summed E-state index contributed by atoms with van der Waals surface area (Å²) >= 11 is 0. The lowest BCUT2D eigenvalue weighted by Crippen LogP contribution is -2.28. The number of ether oxygens (including phenoxy) is 1. The highest BCUT2D eigenvalue weighted by atomic mass is 35.5. The van der Waals surface area contributed by atoms with Crippen LogP contribution in [0.15, 0.2) is 24.3 Å². The number of carbonyl (C=O) groups is 2. The topological polar surface area (TPSA) is 96.1 Å². The van der Waals surface area contributed by atoms with Gasteiger partial charge in [0.2, 0.25) is 0 Å². The minimum atomic E-state index is -0.344. The first-order valence-corrected chi connectivity index (χ1v) is 8.00. The lowest BCUT2D eigenvalue weighted by Gasteiger charge is -2.12. The normalized spacial score (nSPS) is 12.7. The largest absolute Gasteiger partial charge is 0.462 e. The van der Waals surface area contributed by atoms with Gasteiger partial charge < -0.3 is 15.4 Å². The third kappa shape index (κ3) is 4.37. The molecule has 8 heteroatoms. The number of hydrogen-bond acceptors (Lipinski definition) is 5. The maximum absolute atomic E-state index is 12.3. The van der Waals surface area contributed by atoms with E-state index in [1.807, 2.05) is 0 Å². The summed E-state index contributed by atoms with van der Waals surface area (Å²) in [4.78, 5) is 23.9. The zero-order valence-corrected chi connectivity index (χ0v) is 14.7. The molecule has 3 N–H and O–H groups in total. The number of benzene rings is 1. The lowest BCUT2D eigenvalue weighted by atomic mass is 10.1. The molecule has 1 aliphatic heterocycles. The predicted molar refractivity (Wildman–Crippen MR) is 94.8 cm³/mol. The van der Waals surface area contributed by atoms with E-state index in [4.69, 9.17) is 4.74 Å². The van der Waals surface area contributed by atoms with Gasteiger partial charge >= 0.3 is 5.97 Å². The average Bonchev–Trinajstić information content (AvgIpc) is 3.04. The summed E-state index contributed by atoms with van der Waals surface area (Å²) in [5.74, 6) is -0.547. The fourth-order valence-electron chi connectivity index (χ4n) is 2.65. The molecule has 0 radical (unpaired) electrons. The fourth-order valence-corrected chi connectivity index (χ4v) is 2.65. The van der Waals surface area contributed by atoms with Crippen molar-refractivity contribution >= 4 is 24.3 Å². The van der Waals surface area contributed by atoms with E-state index < -0.39 is 0 Å². The number of nitrogens with one attached hydrogen (secondary N) is 3. The molecule has 0 unspecified atom stereocenters. The molecule has 2 heterocycles. The van der Waals surface area contributed by atoms with E-state index in [9.17, 15) is 9.59 Å². The maximum Gasteiger partial charge on any atom is 0.338 e. The highest BCUT2D eigenvalue weighted by molar-refractivity contribution is 5.94. The van der Waals surface area contributed by atoms with Crippen LogP contribution in [0.4, 0.5) is 0 Å². The Kier molecular flexibility index (Phi) is 6.55. The smallest absolute Gasteiger partial charge is 0.338 e. The number of hydrogen-bond donors (Lipinski definition) is 3. The van der Waals surface area contributed by atoms with E-state index in [-0.39, 0.29) is 24.3 Å². The second-order valence-corrected chi connectivity index (χ2v) is 5.56. The molecular weight excluding hydrogens is 344 g/mol. The Hall–Kier alpha value is -2.38. The molecule has 0 aliphatic carbocycles. The van der Waals surface area contributed by atoms with Crippen LogP contribution in [0.3, 0.4) is 0 Å². The molecule has 1 aromatic heterocycles. The summed E-state index contributed by atoms with van der Waals surface area (Å²) < 4.78 is 4.94. The number of H-pyrrole nitrogens is 1. The van der Waals surface area contributed by atoms with Gasteiger partial charge in [-0.15, -0.1) is 12.4 Å². The van der Waals surface area contributed by atoms with Crippen LogP contribution in [0.1, 0.15) is 44.6 Å². The van der Waals surface area contributed by atoms with Crippen molar-refractivity contribution in [2.24, 2.45) is 0 Å². The van der Waals surface area contributed by atoms with Gasteiger partial charge in [0.1, 0.15) is 0 Å². The van der Waals surface area contributed by atoms with Crippen molar-refractivity contribution in [3.63, 3.8) is 0 Å². The maximum atomic E-state index is 12.3. The third-order valence-electron chi connectivity index (χ3n) is 3.94. The zero-order valence-electron chi connectivity index (χ0n) is 13.9. The Labute approximate surface area is 151 Å². The highest BCUT2D eigenvalue weighted by Gasteiger charge is 2.21. The number of amides is 1. The van der Waals surface area contributed by atoms with Crippen molar-refractivity contribution in [1.29, 1.82) is 0 Å². The summed E-state index contributed by atoms with van der Waals surface area (Å²) in [6.45, 7) is 4.04. The molecule has 0 saturated carbocycles. The Morgan fingerprint density at radius 2 is 2.04 bits per heavy atom. The molecule has 2 aromatic rings. The van der Waals surface area contributed by atoms with Crippen molar-refractivity contribution in [3.8, 4) is 0 Å². The monoisotopic (exact) mass is 364 g/mol. The lowest BCUT2D eigenvalue weighted by molar-refractivity contribution is 0.0526. The van der Waals surface area contributed by atoms with E-state index in [0.29, 0.717) is 31.0 Å². The van der Waals surface area contributed by atoms with E-state index in [2.05, 4.69) is 20.8 Å². The van der Waals surface area contributed by atoms with Crippen LogP contribution in [-0.4, -0.2) is 35.2 Å². The van der Waals surface area contributed by atoms with Gasteiger partial charge in [-0.3, -0.25) is 9.89 Å². The van der Waals surface area contributed by atoms with Crippen molar-refractivity contribution in [3.05, 3.63) is 52.3 Å². The number of halogens is 1. The number of rotatable bonds is 5. The van der Waals surface area contributed by atoms with E-state index >= 15 is 0 Å². The Balaban J connectivity index is 0.00000225. The molecule has 0 fully saturated rings. The van der Waals surface area contributed by atoms with Crippen molar-refractivity contribution < 1.29 is 14.3 Å². The first-order valence-electron chi connectivity index (χ1n) is 8.00. The van der Waals surface area contributed by atoms with Crippen LogP contribution in [0, 0.1) is 0 Å². The second-order valence-electron chi connectivity index (χ2n) is 5.56. The molecule has 7 nitrogen and oxygen atoms in total. The second kappa shape index (κ2) is 8.64. The van der Waals surface area contributed by atoms with Crippen molar-refractivity contribution in [2.75, 3.05) is 13.2 Å². The van der Waals surface area contributed by atoms with Crippen molar-refractivity contribution in [1.82, 2.24) is 20.8 Å². The van der Waals surface area contributed by atoms with Gasteiger partial charge in [-0.1, -0.05) is 12.1 Å². The van der Waals surface area contributed by atoms with Gasteiger partial charge in [0.05, 0.1) is 12.2 Å². The number of aromatic nitrogens is 2. The zero-order chi connectivity index (χ0) is 16.9. The predicted octanol–water partition coefficient (Wildman–Crippen LogP) is 1.58. The number of fused-ring (bicyclic) bond motifs is 1. The molecule has 0 spiro atoms. The number of aromatic amines is 1. The summed E-state index contributed by atoms with van der Waals surface area (Å²) in [7, 11) is 0. The average molecular weight is 365 g/mol. The minimum absolute atomic E-state index is 0. The molecule has 1 aliphatic rings. The first-order chi connectivity index (χ1) is 11.7. The summed E-state index contributed by atoms with van der Waals surface area (Å²) in [5, 5.41) is 13.2. The molecule has 134 valence electrons. The molecule has 1 amide bonds. The molecule has 0 atom stereocenters. The van der Waals surface area contributed by atoms with Gasteiger partial charge in [0.25, 0.3) is 5.91 Å². The number of esters is 1. The van der Waals surface area contributed by atoms with Gasteiger partial charge in [0, 0.05) is 37.3 Å². The molecule has 0 saturated heterocycles. The molecule has 25 heavy (non-hydrogen) atoms. The van der Waals surface area contributed by atoms with Gasteiger partial charge in [0.15, 0.2) is 5.69 Å². The van der Waals surface area contributed by atoms with Crippen LogP contribution < -0.4 is 10.6 Å². The summed E-state index contributed by atoms with van der Waals surface area (Å²) in [6.07, 6.45) is 0.852. The van der Waals surface area contributed by atoms with Crippen LogP contribution in [0.2, 0.25) is 0 Å². The van der Waals surface area contributed by atoms with Crippen molar-refractivity contribution in [2.45, 2.75) is 26.4 Å². The number of carbonyl (C=O) groups excluding carboxylic acids is 2. The van der Waals surface area contributed by atoms with Crippen LogP contribution in [0.25, 0.3) is 0 Å². The van der Waals surface area contributed by atoms with Crippen LogP contribution >= 0.6 is 12.4 Å². The molecule has 3 rings (SSSR count). The Morgan fingerprint density at radius 3 is 2.76 bits per heavy atom. The quantitative estimate of drug-likeness (QED) is 0.700. The Bertz CT molecular complexity index is 743. The van der Waals surface area contributed by atoms with Gasteiger partial charge in [-0.2, -0.15) is 5.10 Å². The molecular formula is C17H21ClN4O3. The van der Waals surface area contributed by atoms with E-state index in [1.165, 1.54) is 0 Å². The van der Waals surface area contributed by atoms with E-state index in [0.717, 1.165) is 29.8 Å². The molecule has 0 bridgehead atoms. The first kappa shape index (κ1) is 19.0. The van der Waals surface area contributed by atoms with Gasteiger partial charge in [-0.25, -0.2) is 4.79 Å². The number of nitrogens with zero attached hydrogens (tertiary/aromatic N) is 1. The van der Waals surface area contributed by atoms with E-state index in [1.54, 1.807) is 31.2 Å². The summed E-state index contributed by atoms with van der Waals surface area (Å²) in [5.41, 5.74) is 3.81. The Morgan fingerprint density at radius 1 is 1.28 bits per heavy atom.